The SMILES string of the molecule is Cc1ccc(N2C[C@@H](c3nc4ccccc4n3C(C)C)CC2=O)cc1C. The summed E-state index contributed by atoms with van der Waals surface area (Å²) in [7, 11) is 0. The summed E-state index contributed by atoms with van der Waals surface area (Å²) in [5.74, 6) is 1.33. The number of nitrogens with zero attached hydrogens (tertiary/aromatic N) is 3. The minimum atomic E-state index is 0.124. The summed E-state index contributed by atoms with van der Waals surface area (Å²) >= 11 is 0. The highest BCUT2D eigenvalue weighted by Crippen LogP contribution is 2.35. The average molecular weight is 347 g/mol. The smallest absolute Gasteiger partial charge is 0.227 e. The third-order valence-corrected chi connectivity index (χ3v) is 5.43. The number of rotatable bonds is 3. The fourth-order valence-electron chi connectivity index (χ4n) is 3.92. The number of carbonyl (C=O) groups excluding carboxylic acids is 1. The summed E-state index contributed by atoms with van der Waals surface area (Å²) in [6, 6.07) is 14.8. The number of hydrogen-bond donors (Lipinski definition) is 0. The van der Waals surface area contributed by atoms with Crippen molar-refractivity contribution in [2.24, 2.45) is 0 Å². The van der Waals surface area contributed by atoms with Crippen LogP contribution in [0.15, 0.2) is 42.5 Å². The summed E-state index contributed by atoms with van der Waals surface area (Å²) in [4.78, 5) is 19.6. The second-order valence-corrected chi connectivity index (χ2v) is 7.60. The summed E-state index contributed by atoms with van der Waals surface area (Å²) in [6.45, 7) is 9.23. The molecule has 3 aromatic rings. The summed E-state index contributed by atoms with van der Waals surface area (Å²) in [5, 5.41) is 0. The van der Waals surface area contributed by atoms with E-state index in [1.165, 1.54) is 11.1 Å². The van der Waals surface area contributed by atoms with Crippen molar-refractivity contribution in [1.82, 2.24) is 9.55 Å². The van der Waals surface area contributed by atoms with Gasteiger partial charge >= 0.3 is 0 Å². The van der Waals surface area contributed by atoms with Crippen molar-refractivity contribution in [3.8, 4) is 0 Å². The fraction of sp³-hybridized carbons (Fsp3) is 0.364. The molecule has 1 aliphatic rings. The van der Waals surface area contributed by atoms with Crippen LogP contribution in [-0.2, 0) is 4.79 Å². The van der Waals surface area contributed by atoms with E-state index in [1.54, 1.807) is 0 Å². The van der Waals surface area contributed by atoms with Gasteiger partial charge in [0.2, 0.25) is 5.91 Å². The molecule has 4 rings (SSSR count). The van der Waals surface area contributed by atoms with Gasteiger partial charge in [0.15, 0.2) is 0 Å². The Balaban J connectivity index is 1.72. The third kappa shape index (κ3) is 2.70. The molecule has 1 aromatic heterocycles. The molecule has 4 nitrogen and oxygen atoms in total. The predicted octanol–water partition coefficient (Wildman–Crippen LogP) is 4.75. The van der Waals surface area contributed by atoms with Gasteiger partial charge in [0, 0.05) is 30.6 Å². The van der Waals surface area contributed by atoms with Gasteiger partial charge in [-0.05, 0) is 63.1 Å². The number of aromatic nitrogens is 2. The van der Waals surface area contributed by atoms with Crippen LogP contribution in [0.2, 0.25) is 0 Å². The number of aryl methyl sites for hydroxylation is 2. The first-order valence-electron chi connectivity index (χ1n) is 9.30. The first-order chi connectivity index (χ1) is 12.5. The number of benzene rings is 2. The molecule has 0 saturated carbocycles. The van der Waals surface area contributed by atoms with Crippen LogP contribution >= 0.6 is 0 Å². The maximum atomic E-state index is 12.7. The Bertz CT molecular complexity index is 986. The van der Waals surface area contributed by atoms with Crippen LogP contribution in [-0.4, -0.2) is 22.0 Å². The number of amides is 1. The predicted molar refractivity (Wildman–Crippen MR) is 106 cm³/mol. The molecule has 2 heterocycles. The van der Waals surface area contributed by atoms with E-state index in [9.17, 15) is 4.79 Å². The zero-order valence-electron chi connectivity index (χ0n) is 15.9. The molecule has 1 amide bonds. The lowest BCUT2D eigenvalue weighted by Gasteiger charge is -2.19. The molecule has 0 radical (unpaired) electrons. The highest BCUT2D eigenvalue weighted by molar-refractivity contribution is 5.96. The van der Waals surface area contributed by atoms with Gasteiger partial charge in [-0.3, -0.25) is 4.79 Å². The van der Waals surface area contributed by atoms with E-state index in [-0.39, 0.29) is 11.8 Å². The van der Waals surface area contributed by atoms with E-state index in [1.807, 2.05) is 23.1 Å². The second kappa shape index (κ2) is 6.27. The Morgan fingerprint density at radius 3 is 2.58 bits per heavy atom. The molecule has 0 N–H and O–H groups in total. The normalized spacial score (nSPS) is 17.7. The van der Waals surface area contributed by atoms with Crippen LogP contribution in [0, 0.1) is 13.8 Å². The maximum Gasteiger partial charge on any atom is 0.227 e. The van der Waals surface area contributed by atoms with Crippen molar-refractivity contribution in [3.05, 3.63) is 59.4 Å². The van der Waals surface area contributed by atoms with Crippen molar-refractivity contribution >= 4 is 22.6 Å². The summed E-state index contributed by atoms with van der Waals surface area (Å²) in [5.41, 5.74) is 5.61. The zero-order chi connectivity index (χ0) is 18.4. The lowest BCUT2D eigenvalue weighted by atomic mass is 10.1. The highest BCUT2D eigenvalue weighted by atomic mass is 16.2. The molecule has 26 heavy (non-hydrogen) atoms. The molecule has 0 spiro atoms. The van der Waals surface area contributed by atoms with Gasteiger partial charge < -0.3 is 9.47 Å². The largest absolute Gasteiger partial charge is 0.325 e. The van der Waals surface area contributed by atoms with Crippen molar-refractivity contribution in [1.29, 1.82) is 0 Å². The molecular formula is C22H25N3O. The standard InChI is InChI=1S/C22H25N3O/c1-14(2)25-20-8-6-5-7-19(20)23-22(25)17-12-21(26)24(13-17)18-10-9-15(3)16(4)11-18/h5-11,14,17H,12-13H2,1-4H3/t17-/m0/s1. The van der Waals surface area contributed by atoms with Gasteiger partial charge in [0.05, 0.1) is 11.0 Å². The Morgan fingerprint density at radius 2 is 1.85 bits per heavy atom. The summed E-state index contributed by atoms with van der Waals surface area (Å²) in [6.07, 6.45) is 0.517. The van der Waals surface area contributed by atoms with Gasteiger partial charge in [-0.15, -0.1) is 0 Å². The number of fused-ring (bicyclic) bond motifs is 1. The van der Waals surface area contributed by atoms with Crippen molar-refractivity contribution < 1.29 is 4.79 Å². The van der Waals surface area contributed by atoms with Gasteiger partial charge in [0.25, 0.3) is 0 Å². The van der Waals surface area contributed by atoms with E-state index in [4.69, 9.17) is 4.98 Å². The Hall–Kier alpha value is -2.62. The van der Waals surface area contributed by atoms with E-state index in [0.29, 0.717) is 19.0 Å². The molecule has 0 bridgehead atoms. The molecule has 134 valence electrons. The molecule has 1 saturated heterocycles. The topological polar surface area (TPSA) is 38.1 Å². The molecule has 1 fully saturated rings. The average Bonchev–Trinajstić information content (AvgIpc) is 3.18. The molecule has 4 heteroatoms. The fourth-order valence-corrected chi connectivity index (χ4v) is 3.92. The number of imidazole rings is 1. The minimum absolute atomic E-state index is 0.124. The van der Waals surface area contributed by atoms with Gasteiger partial charge in [-0.1, -0.05) is 18.2 Å². The molecular weight excluding hydrogens is 322 g/mol. The monoisotopic (exact) mass is 347 g/mol. The van der Waals surface area contributed by atoms with Crippen LogP contribution in [0.5, 0.6) is 0 Å². The van der Waals surface area contributed by atoms with E-state index >= 15 is 0 Å². The molecule has 1 aliphatic heterocycles. The Labute approximate surface area is 154 Å². The van der Waals surface area contributed by atoms with Crippen LogP contribution in [0.25, 0.3) is 11.0 Å². The van der Waals surface area contributed by atoms with Crippen LogP contribution in [0.3, 0.4) is 0 Å². The Kier molecular flexibility index (Phi) is 4.06. The van der Waals surface area contributed by atoms with Crippen LogP contribution < -0.4 is 4.90 Å². The zero-order valence-corrected chi connectivity index (χ0v) is 15.9. The molecule has 2 aromatic carbocycles. The maximum absolute atomic E-state index is 12.7. The third-order valence-electron chi connectivity index (χ3n) is 5.43. The van der Waals surface area contributed by atoms with Crippen molar-refractivity contribution in [2.75, 3.05) is 11.4 Å². The van der Waals surface area contributed by atoms with Gasteiger partial charge in [0.1, 0.15) is 5.82 Å². The second-order valence-electron chi connectivity index (χ2n) is 7.60. The van der Waals surface area contributed by atoms with Crippen LogP contribution in [0.4, 0.5) is 5.69 Å². The van der Waals surface area contributed by atoms with Crippen molar-refractivity contribution in [2.45, 2.75) is 46.1 Å². The highest BCUT2D eigenvalue weighted by Gasteiger charge is 2.35. The number of hydrogen-bond acceptors (Lipinski definition) is 2. The lowest BCUT2D eigenvalue weighted by molar-refractivity contribution is -0.117. The number of anilines is 1. The molecule has 0 unspecified atom stereocenters. The number of carbonyl (C=O) groups is 1. The Morgan fingerprint density at radius 1 is 1.08 bits per heavy atom. The van der Waals surface area contributed by atoms with Gasteiger partial charge in [-0.2, -0.15) is 0 Å². The first kappa shape index (κ1) is 16.8. The first-order valence-corrected chi connectivity index (χ1v) is 9.30. The van der Waals surface area contributed by atoms with Gasteiger partial charge in [-0.25, -0.2) is 4.98 Å². The van der Waals surface area contributed by atoms with Crippen LogP contribution in [0.1, 0.15) is 49.2 Å². The van der Waals surface area contributed by atoms with E-state index < -0.39 is 0 Å². The summed E-state index contributed by atoms with van der Waals surface area (Å²) < 4.78 is 2.29. The lowest BCUT2D eigenvalue weighted by Crippen LogP contribution is -2.24. The van der Waals surface area contributed by atoms with E-state index in [2.05, 4.69) is 56.5 Å². The molecule has 1 atom stereocenters. The quantitative estimate of drug-likeness (QED) is 0.685. The van der Waals surface area contributed by atoms with Crippen molar-refractivity contribution in [3.63, 3.8) is 0 Å². The molecule has 0 aliphatic carbocycles. The number of para-hydroxylation sites is 2. The minimum Gasteiger partial charge on any atom is -0.325 e. The van der Waals surface area contributed by atoms with E-state index in [0.717, 1.165) is 22.5 Å².